The third kappa shape index (κ3) is 3.52. The Balaban J connectivity index is 1.46. The molecule has 0 saturated carbocycles. The lowest BCUT2D eigenvalue weighted by atomic mass is 9.95. The number of halogens is 2. The van der Waals surface area contributed by atoms with Crippen molar-refractivity contribution in [1.29, 1.82) is 0 Å². The summed E-state index contributed by atoms with van der Waals surface area (Å²) in [5.74, 6) is -3.11. The molecule has 2 amide bonds. The number of aromatic nitrogens is 1. The quantitative estimate of drug-likeness (QED) is 0.597. The monoisotopic (exact) mass is 430 g/mol. The molecule has 1 N–H and O–H groups in total. The first-order chi connectivity index (χ1) is 14.4. The second-order valence-corrected chi connectivity index (χ2v) is 7.81. The van der Waals surface area contributed by atoms with Crippen molar-refractivity contribution >= 4 is 34.9 Å². The highest BCUT2D eigenvalue weighted by Gasteiger charge is 2.40. The minimum atomic E-state index is -0.954. The van der Waals surface area contributed by atoms with Crippen molar-refractivity contribution < 1.29 is 18.8 Å². The van der Waals surface area contributed by atoms with Crippen LogP contribution < -0.4 is 5.32 Å². The van der Waals surface area contributed by atoms with Crippen LogP contribution in [-0.2, 0) is 9.59 Å². The summed E-state index contributed by atoms with van der Waals surface area (Å²) in [6.45, 7) is 2.74. The van der Waals surface area contributed by atoms with Crippen LogP contribution >= 0.6 is 11.6 Å². The van der Waals surface area contributed by atoms with Gasteiger partial charge in [0.2, 0.25) is 5.78 Å². The number of hydrogen-bond donors (Lipinski definition) is 1. The zero-order valence-electron chi connectivity index (χ0n) is 16.3. The van der Waals surface area contributed by atoms with Crippen LogP contribution in [-0.4, -0.2) is 64.6 Å². The maximum absolute atomic E-state index is 14.3. The zero-order valence-corrected chi connectivity index (χ0v) is 17.0. The average Bonchev–Trinajstić information content (AvgIpc) is 3.22. The van der Waals surface area contributed by atoms with Gasteiger partial charge in [0.05, 0.1) is 17.8 Å². The molecule has 1 aromatic carbocycles. The fraction of sp³-hybridized carbons (Fsp3) is 0.333. The van der Waals surface area contributed by atoms with Crippen LogP contribution in [0.4, 0.5) is 10.1 Å². The molecule has 1 unspecified atom stereocenters. The zero-order chi connectivity index (χ0) is 21.4. The Bertz CT molecular complexity index is 1020. The lowest BCUT2D eigenvalue weighted by molar-refractivity contribution is -0.148. The molecule has 3 heterocycles. The van der Waals surface area contributed by atoms with E-state index in [0.29, 0.717) is 18.7 Å². The Morgan fingerprint density at radius 1 is 1.20 bits per heavy atom. The van der Waals surface area contributed by atoms with Crippen molar-refractivity contribution in [3.8, 4) is 0 Å². The number of benzene rings is 1. The van der Waals surface area contributed by atoms with Gasteiger partial charge in [0.15, 0.2) is 5.15 Å². The number of amides is 2. The predicted molar refractivity (Wildman–Crippen MR) is 109 cm³/mol. The summed E-state index contributed by atoms with van der Waals surface area (Å²) in [6.07, 6.45) is 0.954. The van der Waals surface area contributed by atoms with Crippen LogP contribution in [0.3, 0.4) is 0 Å². The number of anilines is 1. The first-order valence-electron chi connectivity index (χ1n) is 9.65. The molecule has 30 heavy (non-hydrogen) atoms. The number of carbonyl (C=O) groups is 3. The molecule has 0 spiro atoms. The minimum absolute atomic E-state index is 0.0653. The van der Waals surface area contributed by atoms with Gasteiger partial charge in [0.25, 0.3) is 11.8 Å². The van der Waals surface area contributed by atoms with Crippen molar-refractivity contribution in [1.82, 2.24) is 14.8 Å². The molecule has 0 aliphatic carbocycles. The number of nitrogens with one attached hydrogen (secondary N) is 1. The van der Waals surface area contributed by atoms with Crippen LogP contribution in [0.25, 0.3) is 0 Å². The standard InChI is InChI=1S/C21H20ClFN4O3/c1-12-11-26(20(29)13-5-3-2-4-6-13)7-8-27(12)21(30)18(28)14-9-24-17-16(14)15(23)10-25-19(17)22/h2-6,10,12,14,24H,7-9,11H2,1H3/t12-,14?/m1/s1. The van der Waals surface area contributed by atoms with Crippen LogP contribution in [0.5, 0.6) is 0 Å². The number of rotatable bonds is 3. The number of hydrogen-bond acceptors (Lipinski definition) is 5. The van der Waals surface area contributed by atoms with Gasteiger partial charge in [-0.1, -0.05) is 29.8 Å². The molecule has 9 heteroatoms. The van der Waals surface area contributed by atoms with Gasteiger partial charge in [-0.25, -0.2) is 9.37 Å². The van der Waals surface area contributed by atoms with Gasteiger partial charge in [0, 0.05) is 43.3 Å². The first kappa shape index (κ1) is 20.3. The topological polar surface area (TPSA) is 82.6 Å². The third-order valence-corrected chi connectivity index (χ3v) is 5.87. The van der Waals surface area contributed by atoms with E-state index in [9.17, 15) is 18.8 Å². The molecule has 0 radical (unpaired) electrons. The summed E-state index contributed by atoms with van der Waals surface area (Å²) in [6, 6.07) is 8.57. The van der Waals surface area contributed by atoms with E-state index in [1.165, 1.54) is 4.90 Å². The van der Waals surface area contributed by atoms with E-state index >= 15 is 0 Å². The first-order valence-corrected chi connectivity index (χ1v) is 10.0. The molecule has 156 valence electrons. The van der Waals surface area contributed by atoms with Crippen molar-refractivity contribution in [3.63, 3.8) is 0 Å². The van der Waals surface area contributed by atoms with Crippen molar-refractivity contribution in [2.45, 2.75) is 18.9 Å². The molecular weight excluding hydrogens is 411 g/mol. The normalized spacial score (nSPS) is 20.5. The summed E-state index contributed by atoms with van der Waals surface area (Å²) in [4.78, 5) is 45.3. The summed E-state index contributed by atoms with van der Waals surface area (Å²) < 4.78 is 14.3. The largest absolute Gasteiger partial charge is 0.381 e. The summed E-state index contributed by atoms with van der Waals surface area (Å²) >= 11 is 5.97. The second kappa shape index (κ2) is 8.02. The maximum Gasteiger partial charge on any atom is 0.291 e. The molecule has 4 rings (SSSR count). The van der Waals surface area contributed by atoms with E-state index in [-0.39, 0.29) is 41.4 Å². The van der Waals surface area contributed by atoms with Crippen LogP contribution in [0.1, 0.15) is 28.8 Å². The molecule has 2 aliphatic rings. The van der Waals surface area contributed by atoms with Crippen molar-refractivity contribution in [2.75, 3.05) is 31.5 Å². The number of fused-ring (bicyclic) bond motifs is 1. The molecule has 1 saturated heterocycles. The highest BCUT2D eigenvalue weighted by Crippen LogP contribution is 2.38. The molecule has 1 aromatic heterocycles. The highest BCUT2D eigenvalue weighted by atomic mass is 35.5. The molecule has 7 nitrogen and oxygen atoms in total. The van der Waals surface area contributed by atoms with E-state index in [4.69, 9.17) is 11.6 Å². The summed E-state index contributed by atoms with van der Waals surface area (Å²) in [5, 5.41) is 2.94. The van der Waals surface area contributed by atoms with Crippen LogP contribution in [0.2, 0.25) is 5.15 Å². The Kier molecular flexibility index (Phi) is 5.42. The molecule has 2 aromatic rings. The molecular formula is C21H20ClFN4O3. The summed E-state index contributed by atoms with van der Waals surface area (Å²) in [5.41, 5.74) is 0.920. The van der Waals surface area contributed by atoms with E-state index in [2.05, 4.69) is 10.3 Å². The van der Waals surface area contributed by atoms with Crippen molar-refractivity contribution in [2.24, 2.45) is 0 Å². The molecule has 0 bridgehead atoms. The van der Waals surface area contributed by atoms with Crippen molar-refractivity contribution in [3.05, 3.63) is 58.6 Å². The fourth-order valence-corrected chi connectivity index (χ4v) is 4.23. The Morgan fingerprint density at radius 2 is 1.93 bits per heavy atom. The van der Waals surface area contributed by atoms with Gasteiger partial charge >= 0.3 is 0 Å². The molecule has 1 fully saturated rings. The van der Waals surface area contributed by atoms with Crippen LogP contribution in [0, 0.1) is 5.82 Å². The van der Waals surface area contributed by atoms with Gasteiger partial charge in [-0.15, -0.1) is 0 Å². The molecule has 2 atom stereocenters. The summed E-state index contributed by atoms with van der Waals surface area (Å²) in [7, 11) is 0. The van der Waals surface area contributed by atoms with E-state index in [1.54, 1.807) is 36.1 Å². The maximum atomic E-state index is 14.3. The number of carbonyl (C=O) groups excluding carboxylic acids is 3. The number of ketones is 1. The van der Waals surface area contributed by atoms with Gasteiger partial charge in [-0.2, -0.15) is 0 Å². The van der Waals surface area contributed by atoms with Gasteiger partial charge in [-0.05, 0) is 19.1 Å². The van der Waals surface area contributed by atoms with Gasteiger partial charge in [0.1, 0.15) is 5.82 Å². The van der Waals surface area contributed by atoms with E-state index in [0.717, 1.165) is 6.20 Å². The Labute approximate surface area is 177 Å². The van der Waals surface area contributed by atoms with E-state index < -0.39 is 23.4 Å². The number of piperazine rings is 1. The number of Topliss-reactive ketones (excluding diaryl/α,β-unsaturated/α-hetero) is 1. The number of pyridine rings is 1. The smallest absolute Gasteiger partial charge is 0.291 e. The van der Waals surface area contributed by atoms with Gasteiger partial charge in [-0.3, -0.25) is 14.4 Å². The molecule has 2 aliphatic heterocycles. The Morgan fingerprint density at radius 3 is 2.63 bits per heavy atom. The average molecular weight is 431 g/mol. The lowest BCUT2D eigenvalue weighted by Crippen LogP contribution is -2.57. The van der Waals surface area contributed by atoms with Gasteiger partial charge < -0.3 is 15.1 Å². The fourth-order valence-electron chi connectivity index (χ4n) is 4.01. The minimum Gasteiger partial charge on any atom is -0.381 e. The predicted octanol–water partition coefficient (Wildman–Crippen LogP) is 2.33. The SMILES string of the molecule is C[C@@H]1CN(C(=O)c2ccccc2)CCN1C(=O)C(=O)C1CNc2c(Cl)ncc(F)c21. The van der Waals surface area contributed by atoms with Crippen LogP contribution in [0.15, 0.2) is 36.5 Å². The van der Waals surface area contributed by atoms with E-state index in [1.807, 2.05) is 6.07 Å². The third-order valence-electron chi connectivity index (χ3n) is 5.58. The second-order valence-electron chi connectivity index (χ2n) is 7.45. The lowest BCUT2D eigenvalue weighted by Gasteiger charge is -2.39. The highest BCUT2D eigenvalue weighted by molar-refractivity contribution is 6.39. The number of nitrogens with zero attached hydrogens (tertiary/aromatic N) is 3. The Hall–Kier alpha value is -3.00.